The molecule has 3 aromatic carbocycles. The summed E-state index contributed by atoms with van der Waals surface area (Å²) < 4.78 is 7.43. The number of hydrogen-bond acceptors (Lipinski definition) is 8. The minimum Gasteiger partial charge on any atom is -0.492 e. The molecule has 49 heavy (non-hydrogen) atoms. The summed E-state index contributed by atoms with van der Waals surface area (Å²) in [5, 5.41) is 30.9. The number of hydrogen-bond donors (Lipinski definition) is 4. The first-order chi connectivity index (χ1) is 23.6. The molecule has 1 aromatic heterocycles. The number of carboxylic acids is 4. The van der Waals surface area contributed by atoms with E-state index >= 15 is 0 Å². The van der Waals surface area contributed by atoms with Gasteiger partial charge in [-0.2, -0.15) is 0 Å². The van der Waals surface area contributed by atoms with Gasteiger partial charge in [-0.25, -0.2) is 19.2 Å². The molecule has 4 N–H and O–H groups in total. The average Bonchev–Trinajstić information content (AvgIpc) is 3.88. The molecular formula is C37H42N2O9S. The van der Waals surface area contributed by atoms with Crippen molar-refractivity contribution >= 4 is 45.3 Å². The maximum atomic E-state index is 9.10. The summed E-state index contributed by atoms with van der Waals surface area (Å²) in [6.07, 6.45) is 7.50. The van der Waals surface area contributed by atoms with E-state index in [0.717, 1.165) is 31.7 Å². The van der Waals surface area contributed by atoms with E-state index in [9.17, 15) is 0 Å². The molecule has 2 saturated heterocycles. The molecule has 4 aromatic rings. The van der Waals surface area contributed by atoms with Crippen LogP contribution in [0, 0.1) is 0 Å². The number of carbonyl (C=O) groups is 4. The number of carboxylic acid groups (broad SMARTS) is 4. The first-order valence-electron chi connectivity index (χ1n) is 16.3. The highest BCUT2D eigenvalue weighted by molar-refractivity contribution is 7.22. The zero-order valence-corrected chi connectivity index (χ0v) is 28.1. The number of thiophene rings is 1. The van der Waals surface area contributed by atoms with Gasteiger partial charge in [-0.05, 0) is 123 Å². The summed E-state index contributed by atoms with van der Waals surface area (Å²) in [4.78, 5) is 42.9. The number of nitrogens with zero attached hydrogens (tertiary/aromatic N) is 2. The molecule has 0 unspecified atom stereocenters. The molecule has 0 bridgehead atoms. The van der Waals surface area contributed by atoms with Crippen LogP contribution in [0.5, 0.6) is 5.75 Å². The quantitative estimate of drug-likeness (QED) is 0.154. The monoisotopic (exact) mass is 690 g/mol. The van der Waals surface area contributed by atoms with Crippen molar-refractivity contribution in [1.82, 2.24) is 9.80 Å². The number of fused-ring (bicyclic) bond motifs is 1. The lowest BCUT2D eigenvalue weighted by molar-refractivity contribution is -0.159. The van der Waals surface area contributed by atoms with E-state index in [1.54, 1.807) is 0 Å². The predicted molar refractivity (Wildman–Crippen MR) is 188 cm³/mol. The SMILES string of the molecule is O=C(O)C(=O)O.O=C(O)C(=O)O.c1ccc2c(Cc3ccc(CCN4CCCC4)cc3)c(-c3ccc(OCCN4CCCC4)cc3)sc2c1. The van der Waals surface area contributed by atoms with Crippen LogP contribution in [-0.4, -0.2) is 100.0 Å². The van der Waals surface area contributed by atoms with Gasteiger partial charge in [-0.1, -0.05) is 42.5 Å². The smallest absolute Gasteiger partial charge is 0.414 e. The Kier molecular flexibility index (Phi) is 14.1. The van der Waals surface area contributed by atoms with E-state index in [1.807, 2.05) is 11.3 Å². The highest BCUT2D eigenvalue weighted by Crippen LogP contribution is 2.40. The first-order valence-corrected chi connectivity index (χ1v) is 17.1. The standard InChI is InChI=1S/C33H38N2OS.2C2H2O4/c1-2-8-32-30(7-1)31(25-27-11-9-26(10-12-27)17-22-34-18-3-4-19-34)33(37-32)28-13-15-29(16-14-28)36-24-23-35-20-5-6-21-35;2*3-1(4)2(5)6/h1-2,7-16H,3-6,17-25H2;2*(H,3,4)(H,5,6). The van der Waals surface area contributed by atoms with E-state index in [2.05, 4.69) is 82.6 Å². The second-order valence-electron chi connectivity index (χ2n) is 11.8. The summed E-state index contributed by atoms with van der Waals surface area (Å²) in [7, 11) is 0. The van der Waals surface area contributed by atoms with Gasteiger partial charge in [0, 0.05) is 22.7 Å². The largest absolute Gasteiger partial charge is 0.492 e. The molecule has 0 radical (unpaired) electrons. The fourth-order valence-corrected chi connectivity index (χ4v) is 7.06. The van der Waals surface area contributed by atoms with E-state index in [0.29, 0.717) is 0 Å². The lowest BCUT2D eigenvalue weighted by Crippen LogP contribution is -2.25. The van der Waals surface area contributed by atoms with Gasteiger partial charge in [0.25, 0.3) is 0 Å². The van der Waals surface area contributed by atoms with Crippen LogP contribution in [0.2, 0.25) is 0 Å². The summed E-state index contributed by atoms with van der Waals surface area (Å²) >= 11 is 1.91. The van der Waals surface area contributed by atoms with Gasteiger partial charge in [0.05, 0.1) is 0 Å². The maximum Gasteiger partial charge on any atom is 0.414 e. The molecule has 3 heterocycles. The van der Waals surface area contributed by atoms with E-state index < -0.39 is 23.9 Å². The number of ether oxygens (including phenoxy) is 1. The maximum absolute atomic E-state index is 9.10. The van der Waals surface area contributed by atoms with Gasteiger partial charge >= 0.3 is 23.9 Å². The summed E-state index contributed by atoms with van der Waals surface area (Å²) in [6.45, 7) is 7.98. The van der Waals surface area contributed by atoms with Crippen molar-refractivity contribution in [2.45, 2.75) is 38.5 Å². The fraction of sp³-hybridized carbons (Fsp3) is 0.351. The van der Waals surface area contributed by atoms with Crippen molar-refractivity contribution < 1.29 is 44.3 Å². The first kappa shape index (κ1) is 37.0. The van der Waals surface area contributed by atoms with Crippen LogP contribution in [0.1, 0.15) is 42.4 Å². The Morgan fingerprint density at radius 1 is 0.633 bits per heavy atom. The Labute approximate surface area is 289 Å². The normalized spacial score (nSPS) is 14.4. The van der Waals surface area contributed by atoms with Crippen LogP contribution >= 0.6 is 11.3 Å². The lowest BCUT2D eigenvalue weighted by Gasteiger charge is -2.15. The zero-order valence-electron chi connectivity index (χ0n) is 27.3. The molecule has 0 spiro atoms. The van der Waals surface area contributed by atoms with E-state index in [-0.39, 0.29) is 0 Å². The van der Waals surface area contributed by atoms with Gasteiger partial charge in [0.1, 0.15) is 12.4 Å². The molecule has 11 nitrogen and oxygen atoms in total. The highest BCUT2D eigenvalue weighted by Gasteiger charge is 2.16. The fourth-order valence-electron chi connectivity index (χ4n) is 5.83. The van der Waals surface area contributed by atoms with Gasteiger partial charge in [0.15, 0.2) is 0 Å². The number of likely N-dealkylation sites (tertiary alicyclic amines) is 2. The topological polar surface area (TPSA) is 165 Å². The van der Waals surface area contributed by atoms with E-state index in [4.69, 9.17) is 44.3 Å². The molecule has 260 valence electrons. The number of aliphatic carboxylic acids is 4. The predicted octanol–water partition coefficient (Wildman–Crippen LogP) is 5.58. The van der Waals surface area contributed by atoms with Crippen LogP contribution in [0.15, 0.2) is 72.8 Å². The van der Waals surface area contributed by atoms with Crippen LogP contribution < -0.4 is 4.74 Å². The van der Waals surface area contributed by atoms with Crippen molar-refractivity contribution in [3.63, 3.8) is 0 Å². The lowest BCUT2D eigenvalue weighted by atomic mass is 9.98. The number of benzene rings is 3. The van der Waals surface area contributed by atoms with Gasteiger partial charge in [0.2, 0.25) is 0 Å². The molecule has 2 fully saturated rings. The average molecular weight is 691 g/mol. The van der Waals surface area contributed by atoms with Crippen molar-refractivity contribution in [3.8, 4) is 16.2 Å². The minimum absolute atomic E-state index is 0.765. The molecule has 6 rings (SSSR count). The Bertz CT molecular complexity index is 1640. The third-order valence-corrected chi connectivity index (χ3v) is 9.64. The van der Waals surface area contributed by atoms with Crippen LogP contribution in [0.3, 0.4) is 0 Å². The Morgan fingerprint density at radius 2 is 1.14 bits per heavy atom. The highest BCUT2D eigenvalue weighted by atomic mass is 32.1. The Balaban J connectivity index is 0.000000388. The summed E-state index contributed by atoms with van der Waals surface area (Å²) in [5.41, 5.74) is 5.56. The molecule has 12 heteroatoms. The molecular weight excluding hydrogens is 648 g/mol. The molecule has 2 aliphatic rings. The van der Waals surface area contributed by atoms with Crippen LogP contribution in [0.25, 0.3) is 20.5 Å². The van der Waals surface area contributed by atoms with Gasteiger partial charge in [-0.15, -0.1) is 11.3 Å². The van der Waals surface area contributed by atoms with Crippen LogP contribution in [0.4, 0.5) is 0 Å². The second kappa shape index (κ2) is 18.7. The third kappa shape index (κ3) is 11.7. The number of rotatable bonds is 10. The zero-order chi connectivity index (χ0) is 35.2. The molecule has 0 saturated carbocycles. The third-order valence-electron chi connectivity index (χ3n) is 8.37. The minimum atomic E-state index is -1.82. The summed E-state index contributed by atoms with van der Waals surface area (Å²) in [6, 6.07) is 27.0. The van der Waals surface area contributed by atoms with Crippen molar-refractivity contribution in [2.24, 2.45) is 0 Å². The molecule has 0 aliphatic carbocycles. The van der Waals surface area contributed by atoms with Crippen molar-refractivity contribution in [1.29, 1.82) is 0 Å². The van der Waals surface area contributed by atoms with Crippen molar-refractivity contribution in [2.75, 3.05) is 45.9 Å². The second-order valence-corrected chi connectivity index (χ2v) is 12.9. The van der Waals surface area contributed by atoms with Gasteiger partial charge in [-0.3, -0.25) is 4.90 Å². The Morgan fingerprint density at radius 3 is 1.69 bits per heavy atom. The van der Waals surface area contributed by atoms with Crippen LogP contribution in [-0.2, 0) is 32.0 Å². The molecule has 2 aliphatic heterocycles. The van der Waals surface area contributed by atoms with Gasteiger partial charge < -0.3 is 30.1 Å². The van der Waals surface area contributed by atoms with Crippen molar-refractivity contribution in [3.05, 3.63) is 89.5 Å². The molecule has 0 atom stereocenters. The summed E-state index contributed by atoms with van der Waals surface area (Å²) in [5.74, 6) is -6.33. The Hall–Kier alpha value is -4.78. The van der Waals surface area contributed by atoms with E-state index in [1.165, 1.54) is 95.6 Å². The molecule has 0 amide bonds.